The number of hydrogen-bond acceptors (Lipinski definition) is 7. The van der Waals surface area contributed by atoms with Crippen LogP contribution in [0.15, 0.2) is 6.20 Å². The Hall–Kier alpha value is -2.65. The van der Waals surface area contributed by atoms with Gasteiger partial charge < -0.3 is 19.3 Å². The molecule has 0 bridgehead atoms. The first-order chi connectivity index (χ1) is 16.6. The predicted octanol–water partition coefficient (Wildman–Crippen LogP) is 4.17. The van der Waals surface area contributed by atoms with E-state index < -0.39 is 17.2 Å². The monoisotopic (exact) mass is 507 g/mol. The fourth-order valence-electron chi connectivity index (χ4n) is 3.96. The molecule has 0 aromatic carbocycles. The maximum absolute atomic E-state index is 13.6. The van der Waals surface area contributed by atoms with Gasteiger partial charge in [-0.2, -0.15) is 0 Å². The van der Waals surface area contributed by atoms with Gasteiger partial charge in [-0.15, -0.1) is 5.10 Å². The molecule has 0 N–H and O–H groups in total. The summed E-state index contributed by atoms with van der Waals surface area (Å²) < 4.78 is 12.5. The van der Waals surface area contributed by atoms with Gasteiger partial charge in [0.25, 0.3) is 0 Å². The summed E-state index contributed by atoms with van der Waals surface area (Å²) in [6, 6.07) is -0.684. The average molecular weight is 508 g/mol. The highest BCUT2D eigenvalue weighted by atomic mass is 16.6. The largest absolute Gasteiger partial charge is 0.460 e. The Morgan fingerprint density at radius 1 is 0.944 bits per heavy atom. The van der Waals surface area contributed by atoms with Crippen LogP contribution in [-0.2, 0) is 19.1 Å². The third-order valence-electron chi connectivity index (χ3n) is 6.38. The number of ether oxygens (including phenoxy) is 2. The third-order valence-corrected chi connectivity index (χ3v) is 6.38. The van der Waals surface area contributed by atoms with Crippen molar-refractivity contribution in [1.82, 2.24) is 24.8 Å². The zero-order valence-electron chi connectivity index (χ0n) is 23.5. The fraction of sp³-hybridized carbons (Fsp3) is 0.808. The molecule has 1 fully saturated rings. The number of aromatic nitrogens is 3. The minimum absolute atomic E-state index is 0.0850. The summed E-state index contributed by atoms with van der Waals surface area (Å²) in [5.74, 6) is 0.119. The van der Waals surface area contributed by atoms with Crippen molar-refractivity contribution in [2.24, 2.45) is 5.92 Å². The van der Waals surface area contributed by atoms with Gasteiger partial charge in [-0.3, -0.25) is 9.59 Å². The number of piperazine rings is 1. The molecule has 2 rings (SSSR count). The summed E-state index contributed by atoms with van der Waals surface area (Å²) in [7, 11) is 0. The van der Waals surface area contributed by atoms with Crippen molar-refractivity contribution in [3.05, 3.63) is 11.9 Å². The Morgan fingerprint density at radius 3 is 2.03 bits per heavy atom. The topological polar surface area (TPSA) is 107 Å². The highest BCUT2D eigenvalue weighted by molar-refractivity contribution is 5.81. The van der Waals surface area contributed by atoms with E-state index in [9.17, 15) is 14.4 Å². The Balaban J connectivity index is 2.15. The lowest BCUT2D eigenvalue weighted by Gasteiger charge is -2.37. The molecule has 10 nitrogen and oxygen atoms in total. The van der Waals surface area contributed by atoms with E-state index in [2.05, 4.69) is 31.1 Å². The number of rotatable bonds is 8. The molecule has 0 saturated carbocycles. The summed E-state index contributed by atoms with van der Waals surface area (Å²) in [6.45, 7) is 18.9. The van der Waals surface area contributed by atoms with Gasteiger partial charge in [0, 0.05) is 44.7 Å². The predicted molar refractivity (Wildman–Crippen MR) is 136 cm³/mol. The van der Waals surface area contributed by atoms with Crippen molar-refractivity contribution in [1.29, 1.82) is 0 Å². The number of amides is 2. The van der Waals surface area contributed by atoms with Gasteiger partial charge in [0.2, 0.25) is 5.91 Å². The summed E-state index contributed by atoms with van der Waals surface area (Å²) in [4.78, 5) is 41.8. The molecule has 10 heteroatoms. The molecular weight excluding hydrogens is 462 g/mol. The van der Waals surface area contributed by atoms with Crippen LogP contribution in [0.2, 0.25) is 0 Å². The van der Waals surface area contributed by atoms with Crippen molar-refractivity contribution in [3.63, 3.8) is 0 Å². The highest BCUT2D eigenvalue weighted by Crippen LogP contribution is 2.26. The summed E-state index contributed by atoms with van der Waals surface area (Å²) in [6.07, 6.45) is 2.79. The molecule has 1 aromatic rings. The Bertz CT molecular complexity index is 893. The summed E-state index contributed by atoms with van der Waals surface area (Å²) in [5, 5.41) is 8.63. The molecule has 3 atom stereocenters. The number of carbonyl (C=O) groups excluding carboxylic acids is 3. The first kappa shape index (κ1) is 29.6. The molecular formula is C26H45N5O5. The SMILES string of the molecule is CCC(C)[C@H](C)c1cn([C@@H](CCC(=O)OC(C)(C)C)C(=O)N2CCN(C(=O)OC(C)(C)C)CC2)nn1. The van der Waals surface area contributed by atoms with Crippen LogP contribution < -0.4 is 0 Å². The molecule has 36 heavy (non-hydrogen) atoms. The Kier molecular flexibility index (Phi) is 9.91. The van der Waals surface area contributed by atoms with E-state index in [-0.39, 0.29) is 36.7 Å². The van der Waals surface area contributed by atoms with Crippen LogP contribution in [-0.4, -0.2) is 80.1 Å². The maximum atomic E-state index is 13.6. The smallest absolute Gasteiger partial charge is 0.410 e. The zero-order chi connectivity index (χ0) is 27.3. The minimum atomic E-state index is -0.684. The quantitative estimate of drug-likeness (QED) is 0.486. The average Bonchev–Trinajstić information content (AvgIpc) is 3.25. The van der Waals surface area contributed by atoms with E-state index in [4.69, 9.17) is 9.47 Å². The summed E-state index contributed by atoms with van der Waals surface area (Å²) in [5.41, 5.74) is -0.344. The molecule has 1 saturated heterocycles. The van der Waals surface area contributed by atoms with Crippen molar-refractivity contribution in [2.75, 3.05) is 26.2 Å². The Morgan fingerprint density at radius 2 is 1.50 bits per heavy atom. The normalized spacial score (nSPS) is 17.4. The highest BCUT2D eigenvalue weighted by Gasteiger charge is 2.33. The number of nitrogens with zero attached hydrogens (tertiary/aromatic N) is 5. The number of hydrogen-bond donors (Lipinski definition) is 0. The van der Waals surface area contributed by atoms with Crippen LogP contribution >= 0.6 is 0 Å². The van der Waals surface area contributed by atoms with Crippen LogP contribution in [0.5, 0.6) is 0 Å². The molecule has 0 aliphatic carbocycles. The molecule has 204 valence electrons. The lowest BCUT2D eigenvalue weighted by Crippen LogP contribution is -2.53. The molecule has 0 spiro atoms. The van der Waals surface area contributed by atoms with Crippen LogP contribution in [0.3, 0.4) is 0 Å². The fourth-order valence-corrected chi connectivity index (χ4v) is 3.96. The van der Waals surface area contributed by atoms with Crippen LogP contribution in [0.1, 0.15) is 99.2 Å². The van der Waals surface area contributed by atoms with Gasteiger partial charge >= 0.3 is 12.1 Å². The van der Waals surface area contributed by atoms with Gasteiger partial charge in [-0.25, -0.2) is 9.48 Å². The second kappa shape index (κ2) is 12.1. The second-order valence-electron chi connectivity index (χ2n) is 11.7. The Labute approximate surface area is 215 Å². The van der Waals surface area contributed by atoms with Gasteiger partial charge in [0.15, 0.2) is 0 Å². The van der Waals surface area contributed by atoms with Gasteiger partial charge in [-0.1, -0.05) is 32.4 Å². The molecule has 1 aromatic heterocycles. The first-order valence-corrected chi connectivity index (χ1v) is 13.0. The van der Waals surface area contributed by atoms with Crippen molar-refractivity contribution >= 4 is 18.0 Å². The molecule has 1 unspecified atom stereocenters. The van der Waals surface area contributed by atoms with E-state index in [1.807, 2.05) is 47.7 Å². The minimum Gasteiger partial charge on any atom is -0.460 e. The van der Waals surface area contributed by atoms with Gasteiger partial charge in [-0.05, 0) is 53.9 Å². The number of esters is 1. The van der Waals surface area contributed by atoms with E-state index in [0.717, 1.165) is 12.1 Å². The maximum Gasteiger partial charge on any atom is 0.410 e. The van der Waals surface area contributed by atoms with Crippen LogP contribution in [0, 0.1) is 5.92 Å². The molecule has 2 amide bonds. The van der Waals surface area contributed by atoms with E-state index in [1.165, 1.54) is 0 Å². The van der Waals surface area contributed by atoms with Crippen LogP contribution in [0.4, 0.5) is 4.79 Å². The third kappa shape index (κ3) is 8.78. The standard InChI is InChI=1S/C26H45N5O5/c1-10-18(2)19(3)20-17-31(28-27-20)21(11-12-22(32)35-25(4,5)6)23(33)29-13-15-30(16-14-29)24(34)36-26(7,8)9/h17-19,21H,10-16H2,1-9H3/t18?,19-,21-/m0/s1. The first-order valence-electron chi connectivity index (χ1n) is 13.0. The lowest BCUT2D eigenvalue weighted by atomic mass is 9.91. The lowest BCUT2D eigenvalue weighted by molar-refractivity contribution is -0.155. The molecule has 0 radical (unpaired) electrons. The van der Waals surface area contributed by atoms with Gasteiger partial charge in [0.05, 0.1) is 5.69 Å². The van der Waals surface area contributed by atoms with Crippen molar-refractivity contribution in [3.8, 4) is 0 Å². The van der Waals surface area contributed by atoms with Crippen molar-refractivity contribution < 1.29 is 23.9 Å². The van der Waals surface area contributed by atoms with E-state index in [0.29, 0.717) is 32.1 Å². The van der Waals surface area contributed by atoms with Crippen LogP contribution in [0.25, 0.3) is 0 Å². The molecule has 1 aliphatic rings. The van der Waals surface area contributed by atoms with Gasteiger partial charge in [0.1, 0.15) is 17.2 Å². The van der Waals surface area contributed by atoms with E-state index in [1.54, 1.807) is 14.5 Å². The molecule has 2 heterocycles. The second-order valence-corrected chi connectivity index (χ2v) is 11.7. The van der Waals surface area contributed by atoms with E-state index >= 15 is 0 Å². The number of carbonyl (C=O) groups is 3. The zero-order valence-corrected chi connectivity index (χ0v) is 23.5. The summed E-state index contributed by atoms with van der Waals surface area (Å²) >= 11 is 0. The van der Waals surface area contributed by atoms with Crippen molar-refractivity contribution in [2.45, 2.75) is 105 Å². The molecule has 1 aliphatic heterocycles.